The number of carboxylic acid groups (broad SMARTS) is 2. The number of Topliss-reactive ketones (excluding diaryl/α,β-unsaturated/α-hetero) is 4. The Labute approximate surface area is 839 Å². The van der Waals surface area contributed by atoms with E-state index in [2.05, 4.69) is 152 Å². The van der Waals surface area contributed by atoms with Gasteiger partial charge in [-0.2, -0.15) is 0 Å². The number of thiazole rings is 4. The third kappa shape index (κ3) is 33.6. The topological polar surface area (TPSA) is 452 Å². The van der Waals surface area contributed by atoms with Crippen molar-refractivity contribution in [2.24, 2.45) is 5.73 Å². The lowest BCUT2D eigenvalue weighted by Gasteiger charge is -2.30. The highest BCUT2D eigenvalue weighted by molar-refractivity contribution is 7.16. The number of anilines is 4. The molecule has 140 heavy (non-hydrogen) atoms. The largest absolute Gasteiger partial charge is 0.481 e. The number of ketones is 4. The minimum atomic E-state index is -1.19. The number of rotatable bonds is 42. The summed E-state index contributed by atoms with van der Waals surface area (Å²) in [6.07, 6.45) is 16.9. The summed E-state index contributed by atoms with van der Waals surface area (Å²) in [5, 5.41) is 36.5. The number of amides is 6. The van der Waals surface area contributed by atoms with E-state index in [0.29, 0.717) is 52.4 Å². The molecule has 14 rings (SSSR count). The van der Waals surface area contributed by atoms with E-state index in [1.165, 1.54) is 95.0 Å². The third-order valence-electron chi connectivity index (χ3n) is 26.0. The molecule has 8 atom stereocenters. The molecule has 4 aromatic heterocycles. The number of nitrogens with two attached hydrogens (primary N) is 2. The summed E-state index contributed by atoms with van der Waals surface area (Å²) in [4.78, 5) is 175. The number of hydrogen-bond donors (Lipinski definition) is 10. The van der Waals surface area contributed by atoms with Crippen molar-refractivity contribution >= 4 is 137 Å². The standard InChI is InChI=1S/C32H38N4O4S.C22H34N4O5S.C21H21NO5.C17H28N4O2S.C11H19N3S.CH4/c1-4-17-36(3)21-14-16-27-29(18-21)41-31(33-27)35-30(38)28(15-13-20(2)37)34-32(39)40-19-26-24-11-7-5-9-22(24)23-10-6-8-12-25(23)26;1-4-12-26(3)15-9-11-16-18(13-15)32-22(24-16)25-21(31)17(10-8-14(2)27)23-19(28)6-5-7-20(29)30;1-13(23)10-11-19(20(24)25)22-21(26)27-12-18-16-8-4-2-6-14(16)15-7-3-5-9-17(15)18;1-4-9-21(3)12-6-8-14-15(10-12)24-17(19-14)20-16(23)13(18)7-5-11(2)22;1-3-6-14(2)8-4-5-9-10(7-8)15-11(12)13-9;/h5-12,21,26,28H,4,13-19H2,1-3H3,(H,34,39)(H,33,35,38);15,17H,4-13H2,1-3H3,(H,23,28)(H,29,30)(H,24,25,31);2-9,18-19H,10-12H2,1H3,(H,22,26)(H,24,25);12-13H,4-10,18H2,1-3H3,(H,19,20,23);8H,3-7H2,1-2H3,(H2,12,13);1H4/t21-,28-;15-,17-;19-;12-,13-;8-;/m00000./s1. The van der Waals surface area contributed by atoms with E-state index in [4.69, 9.17) is 26.0 Å². The number of aliphatic carboxylic acids is 2. The van der Waals surface area contributed by atoms with Gasteiger partial charge in [0, 0.05) is 94.0 Å². The summed E-state index contributed by atoms with van der Waals surface area (Å²) in [6.45, 7) is 19.2. The van der Waals surface area contributed by atoms with Crippen LogP contribution in [0.2, 0.25) is 0 Å². The predicted molar refractivity (Wildman–Crippen MR) is 553 cm³/mol. The van der Waals surface area contributed by atoms with Gasteiger partial charge in [-0.3, -0.25) is 24.0 Å². The Morgan fingerprint density at radius 1 is 0.407 bits per heavy atom. The maximum atomic E-state index is 13.3. The van der Waals surface area contributed by atoms with Crippen LogP contribution in [0, 0.1) is 0 Å². The molecule has 0 spiro atoms. The van der Waals surface area contributed by atoms with Crippen molar-refractivity contribution in [3.8, 4) is 22.3 Å². The van der Waals surface area contributed by atoms with Crippen LogP contribution in [0.3, 0.4) is 0 Å². The molecule has 6 amide bonds. The Balaban J connectivity index is 0.000000201. The van der Waals surface area contributed by atoms with Crippen molar-refractivity contribution in [2.75, 3.05) is 89.3 Å². The summed E-state index contributed by atoms with van der Waals surface area (Å²) in [7, 11) is 8.71. The fourth-order valence-electron chi connectivity index (χ4n) is 18.4. The number of nitrogen functional groups attached to an aromatic ring is 1. The van der Waals surface area contributed by atoms with E-state index in [9.17, 15) is 62.6 Å². The van der Waals surface area contributed by atoms with Gasteiger partial charge in [-0.1, -0.05) is 132 Å². The van der Waals surface area contributed by atoms with Crippen LogP contribution in [0.4, 0.5) is 30.1 Å². The Hall–Kier alpha value is -11.0. The molecule has 4 heterocycles. The Morgan fingerprint density at radius 3 is 1.04 bits per heavy atom. The fraction of sp³-hybridized carbons (Fsp3) is 0.538. The van der Waals surface area contributed by atoms with Gasteiger partial charge in [0.15, 0.2) is 20.5 Å². The summed E-state index contributed by atoms with van der Waals surface area (Å²) < 4.78 is 11.0. The van der Waals surface area contributed by atoms with Crippen LogP contribution in [0.5, 0.6) is 0 Å². The SMILES string of the molecule is C.CC(=O)CC[C@H](NC(=O)OCC1c2ccccc2-c2ccccc21)C(=O)O.CCCN(C)[C@H]1CCc2nc(N)sc2C1.CCCN(C)[C@H]1CCc2nc(NC(=O)[C@@H](N)CCC(C)=O)sc2C1.CCCN(C)[C@H]1CCc2nc(NC(=O)[C@H](CCC(C)=O)NC(=O)CCCC(=O)O)sc2C1.CCCN(C)[C@H]1CCc2nc(NC(=O)[C@H](CCC(C)=O)NC(=O)OCC3c4ccccc4-c4ccccc43)sc2C1. The first-order valence-electron chi connectivity index (χ1n) is 48.7. The molecular weight excluding hydrogens is 1860 g/mol. The average Bonchev–Trinajstić information content (AvgIpc) is 1.62. The summed E-state index contributed by atoms with van der Waals surface area (Å²) in [5.41, 5.74) is 24.9. The maximum Gasteiger partial charge on any atom is 0.407 e. The van der Waals surface area contributed by atoms with Crippen molar-refractivity contribution < 1.29 is 77.2 Å². The monoisotopic (exact) mass is 2000 g/mol. The second kappa shape index (κ2) is 56.0. The van der Waals surface area contributed by atoms with Crippen LogP contribution in [-0.2, 0) is 109 Å². The number of aromatic nitrogens is 4. The van der Waals surface area contributed by atoms with Crippen LogP contribution >= 0.6 is 45.3 Å². The van der Waals surface area contributed by atoms with Gasteiger partial charge < -0.3 is 102 Å². The molecule has 0 saturated heterocycles. The zero-order chi connectivity index (χ0) is 101. The number of alkyl carbamates (subject to hydrolysis) is 2. The normalized spacial score (nSPS) is 16.5. The highest BCUT2D eigenvalue weighted by Gasteiger charge is 2.36. The molecule has 0 radical (unpaired) electrons. The second-order valence-electron chi connectivity index (χ2n) is 36.9. The van der Waals surface area contributed by atoms with Gasteiger partial charge in [0.25, 0.3) is 0 Å². The molecule has 0 fully saturated rings. The number of nitrogens with one attached hydrogen (secondary N) is 6. The molecule has 6 aliphatic carbocycles. The predicted octanol–water partition coefficient (Wildman–Crippen LogP) is 15.8. The number of hydrogen-bond acceptors (Lipinski definition) is 28. The molecule has 32 nitrogen and oxygen atoms in total. The quantitative estimate of drug-likeness (QED) is 0.0170. The number of aryl methyl sites for hydroxylation is 4. The number of carbonyl (C=O) groups is 12. The molecule has 36 heteroatoms. The van der Waals surface area contributed by atoms with Gasteiger partial charge in [-0.25, -0.2) is 34.3 Å². The minimum absolute atomic E-state index is 0. The first-order chi connectivity index (χ1) is 66.6. The van der Waals surface area contributed by atoms with Crippen LogP contribution in [0.15, 0.2) is 97.1 Å². The number of carboxylic acids is 2. The van der Waals surface area contributed by atoms with Gasteiger partial charge in [-0.15, -0.1) is 45.3 Å². The fourth-order valence-corrected chi connectivity index (χ4v) is 22.6. The molecule has 4 aromatic carbocycles. The molecule has 0 unspecified atom stereocenters. The van der Waals surface area contributed by atoms with E-state index >= 15 is 0 Å². The molecule has 0 bridgehead atoms. The van der Waals surface area contributed by atoms with Crippen LogP contribution in [0.25, 0.3) is 22.3 Å². The number of nitrogens with zero attached hydrogens (tertiary/aromatic N) is 8. The van der Waals surface area contributed by atoms with Gasteiger partial charge in [0.2, 0.25) is 23.6 Å². The number of likely N-dealkylation sites (N-methyl/N-ethyl adjacent to an activating group) is 4. The van der Waals surface area contributed by atoms with Crippen molar-refractivity contribution in [3.63, 3.8) is 0 Å². The van der Waals surface area contributed by atoms with Crippen LogP contribution in [0.1, 0.15) is 261 Å². The van der Waals surface area contributed by atoms with E-state index in [-0.39, 0.29) is 119 Å². The average molecular weight is 2000 g/mol. The first kappa shape index (κ1) is 113. The zero-order valence-corrected chi connectivity index (χ0v) is 85.6. The molecule has 12 N–H and O–H groups in total. The molecule has 760 valence electrons. The van der Waals surface area contributed by atoms with Gasteiger partial charge in [-0.05, 0) is 261 Å². The molecule has 0 aliphatic heterocycles. The number of fused-ring (bicyclic) bond motifs is 10. The maximum absolute atomic E-state index is 13.3. The number of benzene rings is 4. The van der Waals surface area contributed by atoms with E-state index in [1.54, 1.807) is 22.7 Å². The molecule has 6 aliphatic rings. The highest BCUT2D eigenvalue weighted by Crippen LogP contribution is 2.47. The Kier molecular flexibility index (Phi) is 45.1. The van der Waals surface area contributed by atoms with Gasteiger partial charge in [0.1, 0.15) is 54.5 Å². The third-order valence-corrected chi connectivity index (χ3v) is 30.0. The summed E-state index contributed by atoms with van der Waals surface area (Å²) in [6, 6.07) is 30.8. The lowest BCUT2D eigenvalue weighted by molar-refractivity contribution is -0.140. The van der Waals surface area contributed by atoms with Crippen LogP contribution < -0.4 is 43.4 Å². The molecule has 8 aromatic rings. The molecular formula is C104H144N16O16S4. The van der Waals surface area contributed by atoms with Crippen molar-refractivity contribution in [2.45, 2.75) is 296 Å². The van der Waals surface area contributed by atoms with Gasteiger partial charge in [0.05, 0.1) is 28.8 Å². The van der Waals surface area contributed by atoms with Crippen molar-refractivity contribution in [3.05, 3.63) is 162 Å². The Morgan fingerprint density at radius 2 is 0.707 bits per heavy atom. The van der Waals surface area contributed by atoms with Gasteiger partial charge >= 0.3 is 24.1 Å². The van der Waals surface area contributed by atoms with E-state index in [1.807, 2.05) is 72.8 Å². The summed E-state index contributed by atoms with van der Waals surface area (Å²) >= 11 is 6.18. The van der Waals surface area contributed by atoms with Crippen molar-refractivity contribution in [1.29, 1.82) is 0 Å². The number of carbonyl (C=O) groups excluding carboxylic acids is 10. The highest BCUT2D eigenvalue weighted by atomic mass is 32.1. The minimum Gasteiger partial charge on any atom is -0.481 e. The van der Waals surface area contributed by atoms with Crippen molar-refractivity contribution in [1.82, 2.24) is 55.5 Å². The number of ether oxygens (including phenoxy) is 2. The Bertz CT molecular complexity index is 5430. The van der Waals surface area contributed by atoms with Crippen LogP contribution in [-0.4, -0.2) is 237 Å². The first-order valence-corrected chi connectivity index (χ1v) is 52.0. The second-order valence-corrected chi connectivity index (χ2v) is 41.3. The van der Waals surface area contributed by atoms with E-state index < -0.39 is 66.0 Å². The lowest BCUT2D eigenvalue weighted by atomic mass is 9.96. The zero-order valence-electron chi connectivity index (χ0n) is 82.3. The van der Waals surface area contributed by atoms with E-state index in [0.717, 1.165) is 176 Å². The summed E-state index contributed by atoms with van der Waals surface area (Å²) in [5.74, 6) is -4.03. The lowest BCUT2D eigenvalue weighted by Crippen LogP contribution is -2.44. The smallest absolute Gasteiger partial charge is 0.407 e. The molecule has 0 saturated carbocycles.